The summed E-state index contributed by atoms with van der Waals surface area (Å²) in [5.41, 5.74) is 11.9. The molecule has 1 aliphatic rings. The Kier molecular flexibility index (Phi) is 5.82. The number of nitrogens with one attached hydrogen (secondary N) is 1. The third-order valence-corrected chi connectivity index (χ3v) is 6.40. The van der Waals surface area contributed by atoms with Crippen LogP contribution in [-0.4, -0.2) is 51.6 Å². The van der Waals surface area contributed by atoms with Crippen molar-refractivity contribution in [2.45, 2.75) is 12.8 Å². The Bertz CT molecular complexity index is 1400. The summed E-state index contributed by atoms with van der Waals surface area (Å²) in [6, 6.07) is 15.1. The van der Waals surface area contributed by atoms with E-state index in [9.17, 15) is 9.59 Å². The highest BCUT2D eigenvalue weighted by atomic mass is 16.5. The molecule has 9 nitrogen and oxygen atoms in total. The SMILES string of the molecule is COC(=O)Nc1ccc(-c2c(-c3ccc(C(=O)N4CCCC4)cc3)c3c(N)ncnc3n2C)cc1. The molecule has 35 heavy (non-hydrogen) atoms. The topological polar surface area (TPSA) is 115 Å². The Labute approximate surface area is 202 Å². The number of anilines is 2. The Hall–Kier alpha value is -4.40. The van der Waals surface area contributed by atoms with Gasteiger partial charge in [0.15, 0.2) is 0 Å². The number of methoxy groups -OCH3 is 1. The lowest BCUT2D eigenvalue weighted by molar-refractivity contribution is 0.0793. The summed E-state index contributed by atoms with van der Waals surface area (Å²) in [7, 11) is 3.25. The largest absolute Gasteiger partial charge is 0.453 e. The quantitative estimate of drug-likeness (QED) is 0.460. The maximum Gasteiger partial charge on any atom is 0.411 e. The molecular weight excluding hydrogens is 444 g/mol. The first-order valence-corrected chi connectivity index (χ1v) is 11.4. The number of ether oxygens (including phenoxy) is 1. The Morgan fingerprint density at radius 3 is 2.29 bits per heavy atom. The summed E-state index contributed by atoms with van der Waals surface area (Å²) < 4.78 is 6.65. The van der Waals surface area contributed by atoms with E-state index in [0.29, 0.717) is 22.7 Å². The Morgan fingerprint density at radius 2 is 1.63 bits per heavy atom. The van der Waals surface area contributed by atoms with Gasteiger partial charge < -0.3 is 19.9 Å². The van der Waals surface area contributed by atoms with Crippen molar-refractivity contribution < 1.29 is 14.3 Å². The first-order chi connectivity index (χ1) is 17.0. The molecule has 3 heterocycles. The molecule has 4 aromatic rings. The molecule has 0 radical (unpaired) electrons. The van der Waals surface area contributed by atoms with Crippen molar-refractivity contribution in [1.29, 1.82) is 0 Å². The highest BCUT2D eigenvalue weighted by Crippen LogP contribution is 2.41. The summed E-state index contributed by atoms with van der Waals surface area (Å²) in [5, 5.41) is 3.41. The van der Waals surface area contributed by atoms with Crippen molar-refractivity contribution in [2.24, 2.45) is 7.05 Å². The summed E-state index contributed by atoms with van der Waals surface area (Å²) >= 11 is 0. The predicted molar refractivity (Wildman–Crippen MR) is 135 cm³/mol. The standard InChI is InChI=1S/C26H26N6O3/c1-31-22(17-9-11-19(12-10-17)30-26(34)35-2)20(21-23(27)28-15-29-24(21)31)16-5-7-18(8-6-16)25(33)32-13-3-4-14-32/h5-12,15H,3-4,13-14H2,1-2H3,(H,30,34)(H2,27,28,29). The van der Waals surface area contributed by atoms with Crippen molar-refractivity contribution in [3.63, 3.8) is 0 Å². The van der Waals surface area contributed by atoms with Gasteiger partial charge in [0.25, 0.3) is 5.91 Å². The number of aromatic nitrogens is 3. The molecule has 0 spiro atoms. The number of hydrogen-bond acceptors (Lipinski definition) is 6. The summed E-state index contributed by atoms with van der Waals surface area (Å²) in [6.45, 7) is 1.62. The van der Waals surface area contributed by atoms with E-state index in [2.05, 4.69) is 20.0 Å². The molecule has 0 unspecified atom stereocenters. The molecule has 178 valence electrons. The second kappa shape index (κ2) is 9.09. The van der Waals surface area contributed by atoms with E-state index in [0.717, 1.165) is 53.7 Å². The van der Waals surface area contributed by atoms with Crippen LogP contribution in [0.4, 0.5) is 16.3 Å². The molecule has 0 aliphatic carbocycles. The normalized spacial score (nSPS) is 13.3. The predicted octanol–water partition coefficient (Wildman–Crippen LogP) is 4.30. The van der Waals surface area contributed by atoms with Gasteiger partial charge in [-0.1, -0.05) is 24.3 Å². The van der Waals surface area contributed by atoms with Crippen LogP contribution in [0.15, 0.2) is 54.9 Å². The molecule has 2 aromatic heterocycles. The van der Waals surface area contributed by atoms with E-state index in [1.165, 1.54) is 13.4 Å². The maximum atomic E-state index is 12.8. The fourth-order valence-corrected chi connectivity index (χ4v) is 4.66. The number of fused-ring (bicyclic) bond motifs is 1. The molecule has 5 rings (SSSR count). The minimum Gasteiger partial charge on any atom is -0.453 e. The van der Waals surface area contributed by atoms with Crippen molar-refractivity contribution in [2.75, 3.05) is 31.2 Å². The monoisotopic (exact) mass is 470 g/mol. The number of nitrogen functional groups attached to an aromatic ring is 1. The highest BCUT2D eigenvalue weighted by Gasteiger charge is 2.23. The average Bonchev–Trinajstić information content (AvgIpc) is 3.52. The average molecular weight is 471 g/mol. The van der Waals surface area contributed by atoms with Crippen molar-refractivity contribution >= 4 is 34.5 Å². The van der Waals surface area contributed by atoms with Gasteiger partial charge in [-0.25, -0.2) is 14.8 Å². The molecule has 1 fully saturated rings. The molecule has 2 amide bonds. The minimum absolute atomic E-state index is 0.0590. The lowest BCUT2D eigenvalue weighted by Gasteiger charge is -2.15. The van der Waals surface area contributed by atoms with Crippen LogP contribution in [-0.2, 0) is 11.8 Å². The molecule has 9 heteroatoms. The first-order valence-electron chi connectivity index (χ1n) is 11.4. The van der Waals surface area contributed by atoms with Gasteiger partial charge >= 0.3 is 6.09 Å². The van der Waals surface area contributed by atoms with Gasteiger partial charge in [-0.15, -0.1) is 0 Å². The Morgan fingerprint density at radius 1 is 0.971 bits per heavy atom. The van der Waals surface area contributed by atoms with E-state index in [-0.39, 0.29) is 5.91 Å². The molecule has 0 saturated carbocycles. The van der Waals surface area contributed by atoms with Crippen LogP contribution in [0.25, 0.3) is 33.4 Å². The first kappa shape index (κ1) is 22.4. The van der Waals surface area contributed by atoms with Crippen molar-refractivity contribution in [1.82, 2.24) is 19.4 Å². The van der Waals surface area contributed by atoms with Gasteiger partial charge in [0.1, 0.15) is 17.8 Å². The number of carbonyl (C=O) groups is 2. The van der Waals surface area contributed by atoms with E-state index >= 15 is 0 Å². The molecular formula is C26H26N6O3. The summed E-state index contributed by atoms with van der Waals surface area (Å²) in [5.74, 6) is 0.441. The highest BCUT2D eigenvalue weighted by molar-refractivity contribution is 6.08. The second-order valence-electron chi connectivity index (χ2n) is 8.51. The number of nitrogens with zero attached hydrogens (tertiary/aromatic N) is 4. The molecule has 2 aromatic carbocycles. The van der Waals surface area contributed by atoms with E-state index in [4.69, 9.17) is 5.73 Å². The number of rotatable bonds is 4. The third kappa shape index (κ3) is 4.05. The van der Waals surface area contributed by atoms with Gasteiger partial charge in [-0.2, -0.15) is 0 Å². The fraction of sp³-hybridized carbons (Fsp3) is 0.231. The zero-order valence-corrected chi connectivity index (χ0v) is 19.6. The molecule has 3 N–H and O–H groups in total. The van der Waals surface area contributed by atoms with Crippen LogP contribution in [0.3, 0.4) is 0 Å². The number of likely N-dealkylation sites (tertiary alicyclic amines) is 1. The number of amides is 2. The maximum absolute atomic E-state index is 12.8. The second-order valence-corrected chi connectivity index (χ2v) is 8.51. The number of carbonyl (C=O) groups excluding carboxylic acids is 2. The van der Waals surface area contributed by atoms with E-state index in [1.807, 2.05) is 52.9 Å². The lowest BCUT2D eigenvalue weighted by atomic mass is 9.97. The number of nitrogens with two attached hydrogens (primary N) is 1. The van der Waals surface area contributed by atoms with Crippen LogP contribution in [0.2, 0.25) is 0 Å². The summed E-state index contributed by atoms with van der Waals surface area (Å²) in [4.78, 5) is 35.0. The van der Waals surface area contributed by atoms with Crippen LogP contribution in [0.1, 0.15) is 23.2 Å². The summed E-state index contributed by atoms with van der Waals surface area (Å²) in [6.07, 6.45) is 3.02. The lowest BCUT2D eigenvalue weighted by Crippen LogP contribution is -2.27. The van der Waals surface area contributed by atoms with Crippen LogP contribution < -0.4 is 11.1 Å². The molecule has 1 aliphatic heterocycles. The third-order valence-electron chi connectivity index (χ3n) is 6.40. The molecule has 1 saturated heterocycles. The van der Waals surface area contributed by atoms with E-state index in [1.54, 1.807) is 12.1 Å². The zero-order valence-electron chi connectivity index (χ0n) is 19.6. The van der Waals surface area contributed by atoms with Crippen LogP contribution in [0, 0.1) is 0 Å². The zero-order chi connectivity index (χ0) is 24.5. The van der Waals surface area contributed by atoms with Gasteiger partial charge in [-0.3, -0.25) is 10.1 Å². The Balaban J connectivity index is 1.60. The fourth-order valence-electron chi connectivity index (χ4n) is 4.66. The number of benzene rings is 2. The van der Waals surface area contributed by atoms with Gasteiger partial charge in [0.05, 0.1) is 18.2 Å². The molecule has 0 atom stereocenters. The van der Waals surface area contributed by atoms with Crippen LogP contribution >= 0.6 is 0 Å². The number of aryl methyl sites for hydroxylation is 1. The van der Waals surface area contributed by atoms with E-state index < -0.39 is 6.09 Å². The minimum atomic E-state index is -0.533. The smallest absolute Gasteiger partial charge is 0.411 e. The van der Waals surface area contributed by atoms with Gasteiger partial charge in [-0.05, 0) is 48.2 Å². The van der Waals surface area contributed by atoms with Crippen molar-refractivity contribution in [3.05, 3.63) is 60.4 Å². The molecule has 0 bridgehead atoms. The van der Waals surface area contributed by atoms with Gasteiger partial charge in [0, 0.05) is 37.0 Å². The number of hydrogen-bond donors (Lipinski definition) is 2. The van der Waals surface area contributed by atoms with Crippen LogP contribution in [0.5, 0.6) is 0 Å². The van der Waals surface area contributed by atoms with Gasteiger partial charge in [0.2, 0.25) is 0 Å². The van der Waals surface area contributed by atoms with Crippen molar-refractivity contribution in [3.8, 4) is 22.4 Å².